The molecule has 4 aromatic rings. The van der Waals surface area contributed by atoms with Gasteiger partial charge in [0.05, 0.1) is 11.2 Å². The highest BCUT2D eigenvalue weighted by molar-refractivity contribution is 7.14. The molecule has 2 heterocycles. The number of hydrogen-bond donors (Lipinski definition) is 1. The number of nitrogens with one attached hydrogen (secondary N) is 1. The summed E-state index contributed by atoms with van der Waals surface area (Å²) in [6.45, 7) is -0.0238. The zero-order valence-corrected chi connectivity index (χ0v) is 15.2. The van der Waals surface area contributed by atoms with Crippen molar-refractivity contribution in [3.8, 4) is 11.3 Å². The van der Waals surface area contributed by atoms with Crippen LogP contribution in [-0.2, 0) is 11.3 Å². The molecule has 140 valence electrons. The second-order valence-electron chi connectivity index (χ2n) is 6.04. The van der Waals surface area contributed by atoms with Gasteiger partial charge >= 0.3 is 0 Å². The van der Waals surface area contributed by atoms with Crippen molar-refractivity contribution in [1.82, 2.24) is 9.55 Å². The van der Waals surface area contributed by atoms with Crippen molar-refractivity contribution in [3.63, 3.8) is 0 Å². The Labute approximate surface area is 161 Å². The van der Waals surface area contributed by atoms with E-state index in [4.69, 9.17) is 0 Å². The molecule has 28 heavy (non-hydrogen) atoms. The molecule has 0 aliphatic rings. The van der Waals surface area contributed by atoms with E-state index >= 15 is 0 Å². The first kappa shape index (κ1) is 18.0. The van der Waals surface area contributed by atoms with Crippen LogP contribution in [0, 0.1) is 11.6 Å². The van der Waals surface area contributed by atoms with Crippen molar-refractivity contribution in [2.75, 3.05) is 5.32 Å². The minimum atomic E-state index is -0.593. The summed E-state index contributed by atoms with van der Waals surface area (Å²) >= 11 is 1.11. The number of nitrogens with zero attached hydrogens (tertiary/aromatic N) is 2. The number of carbonyl (C=O) groups excluding carboxylic acids is 1. The monoisotopic (exact) mass is 397 g/mol. The van der Waals surface area contributed by atoms with Crippen molar-refractivity contribution in [1.29, 1.82) is 0 Å². The lowest BCUT2D eigenvalue weighted by Gasteiger charge is -2.09. The fraction of sp³-hybridized carbons (Fsp3) is 0.0500. The SMILES string of the molecule is O=C(Cn1ccc(=O)c2ccccc21)Nc1nc(-c2cc(F)ccc2F)cs1. The number of hydrogen-bond acceptors (Lipinski definition) is 4. The van der Waals surface area contributed by atoms with E-state index in [1.54, 1.807) is 40.4 Å². The summed E-state index contributed by atoms with van der Waals surface area (Å²) in [7, 11) is 0. The van der Waals surface area contributed by atoms with Crippen molar-refractivity contribution >= 4 is 33.3 Å². The number of halogens is 2. The van der Waals surface area contributed by atoms with Crippen LogP contribution in [0.1, 0.15) is 0 Å². The summed E-state index contributed by atoms with van der Waals surface area (Å²) < 4.78 is 28.9. The molecule has 0 fully saturated rings. The summed E-state index contributed by atoms with van der Waals surface area (Å²) in [5.74, 6) is -1.51. The standard InChI is InChI=1S/C20H13F2N3O2S/c21-12-5-6-15(22)14(9-12)16-11-28-20(23-16)24-19(27)10-25-8-7-18(26)13-3-1-2-4-17(13)25/h1-9,11H,10H2,(H,23,24,27). The van der Waals surface area contributed by atoms with E-state index in [0.717, 1.165) is 29.5 Å². The maximum absolute atomic E-state index is 13.9. The molecule has 0 bridgehead atoms. The molecule has 1 N–H and O–H groups in total. The number of thiazole rings is 1. The molecule has 0 aliphatic carbocycles. The third kappa shape index (κ3) is 3.54. The lowest BCUT2D eigenvalue weighted by Crippen LogP contribution is -2.20. The number of fused-ring (bicyclic) bond motifs is 1. The number of aromatic nitrogens is 2. The van der Waals surface area contributed by atoms with Gasteiger partial charge in [-0.3, -0.25) is 9.59 Å². The Morgan fingerprint density at radius 3 is 2.82 bits per heavy atom. The van der Waals surface area contributed by atoms with Crippen molar-refractivity contribution in [3.05, 3.63) is 82.0 Å². The van der Waals surface area contributed by atoms with Gasteiger partial charge in [-0.2, -0.15) is 0 Å². The number of benzene rings is 2. The molecule has 8 heteroatoms. The molecule has 0 unspecified atom stereocenters. The number of rotatable bonds is 4. The van der Waals surface area contributed by atoms with Gasteiger partial charge < -0.3 is 9.88 Å². The molecule has 0 radical (unpaired) electrons. The lowest BCUT2D eigenvalue weighted by atomic mass is 10.1. The molecule has 0 spiro atoms. The average Bonchev–Trinajstić information content (AvgIpc) is 3.14. The summed E-state index contributed by atoms with van der Waals surface area (Å²) in [6, 6.07) is 11.5. The van der Waals surface area contributed by atoms with Crippen LogP contribution in [0.4, 0.5) is 13.9 Å². The van der Waals surface area contributed by atoms with Gasteiger partial charge in [-0.05, 0) is 30.3 Å². The largest absolute Gasteiger partial charge is 0.338 e. The number of para-hydroxylation sites is 1. The van der Waals surface area contributed by atoms with Crippen LogP contribution in [0.25, 0.3) is 22.2 Å². The van der Waals surface area contributed by atoms with Crippen LogP contribution < -0.4 is 10.7 Å². The molecule has 2 aromatic carbocycles. The summed E-state index contributed by atoms with van der Waals surface area (Å²) in [6.07, 6.45) is 1.56. The molecular formula is C20H13F2N3O2S. The summed E-state index contributed by atoms with van der Waals surface area (Å²) in [5, 5.41) is 4.99. The van der Waals surface area contributed by atoms with Gasteiger partial charge in [0.15, 0.2) is 10.6 Å². The quantitative estimate of drug-likeness (QED) is 0.565. The van der Waals surface area contributed by atoms with Gasteiger partial charge in [-0.1, -0.05) is 12.1 Å². The first-order valence-corrected chi connectivity index (χ1v) is 9.18. The second-order valence-corrected chi connectivity index (χ2v) is 6.89. The van der Waals surface area contributed by atoms with Crippen LogP contribution in [0.5, 0.6) is 0 Å². The van der Waals surface area contributed by atoms with Gasteiger partial charge in [0, 0.05) is 28.6 Å². The van der Waals surface area contributed by atoms with Gasteiger partial charge in [0.1, 0.15) is 18.2 Å². The van der Waals surface area contributed by atoms with Crippen LogP contribution in [0.2, 0.25) is 0 Å². The molecule has 0 saturated carbocycles. The van der Waals surface area contributed by atoms with Crippen molar-refractivity contribution < 1.29 is 13.6 Å². The van der Waals surface area contributed by atoms with Gasteiger partial charge in [0.2, 0.25) is 5.91 Å². The Hall–Kier alpha value is -3.39. The topological polar surface area (TPSA) is 64.0 Å². The third-order valence-electron chi connectivity index (χ3n) is 4.15. The predicted molar refractivity (Wildman–Crippen MR) is 104 cm³/mol. The highest BCUT2D eigenvalue weighted by Gasteiger charge is 2.13. The van der Waals surface area contributed by atoms with E-state index < -0.39 is 11.6 Å². The van der Waals surface area contributed by atoms with E-state index in [-0.39, 0.29) is 34.3 Å². The average molecular weight is 397 g/mol. The molecule has 5 nitrogen and oxygen atoms in total. The summed E-state index contributed by atoms with van der Waals surface area (Å²) in [5.41, 5.74) is 0.801. The Morgan fingerprint density at radius 1 is 1.14 bits per heavy atom. The minimum Gasteiger partial charge on any atom is -0.338 e. The van der Waals surface area contributed by atoms with Crippen LogP contribution in [0.3, 0.4) is 0 Å². The molecule has 0 atom stereocenters. The Bertz CT molecular complexity index is 1250. The molecule has 1 amide bonds. The molecule has 4 rings (SSSR count). The lowest BCUT2D eigenvalue weighted by molar-refractivity contribution is -0.116. The van der Waals surface area contributed by atoms with Crippen molar-refractivity contribution in [2.24, 2.45) is 0 Å². The minimum absolute atomic E-state index is 0.0238. The molecule has 2 aromatic heterocycles. The van der Waals surface area contributed by atoms with Gasteiger partial charge in [-0.25, -0.2) is 13.8 Å². The molecule has 0 aliphatic heterocycles. The third-order valence-corrected chi connectivity index (χ3v) is 4.91. The van der Waals surface area contributed by atoms with E-state index in [1.807, 2.05) is 0 Å². The molecular weight excluding hydrogens is 384 g/mol. The zero-order valence-electron chi connectivity index (χ0n) is 14.4. The highest BCUT2D eigenvalue weighted by atomic mass is 32.1. The second kappa shape index (κ2) is 7.32. The fourth-order valence-electron chi connectivity index (χ4n) is 2.86. The fourth-order valence-corrected chi connectivity index (χ4v) is 3.59. The van der Waals surface area contributed by atoms with E-state index in [0.29, 0.717) is 10.9 Å². The smallest absolute Gasteiger partial charge is 0.246 e. The Morgan fingerprint density at radius 2 is 1.96 bits per heavy atom. The predicted octanol–water partition coefficient (Wildman–Crippen LogP) is 4.04. The first-order chi connectivity index (χ1) is 13.5. The van der Waals surface area contributed by atoms with E-state index in [9.17, 15) is 18.4 Å². The van der Waals surface area contributed by atoms with Crippen LogP contribution in [0.15, 0.2) is 64.9 Å². The highest BCUT2D eigenvalue weighted by Crippen LogP contribution is 2.27. The number of pyridine rings is 1. The number of anilines is 1. The maximum Gasteiger partial charge on any atom is 0.246 e. The van der Waals surface area contributed by atoms with Crippen LogP contribution >= 0.6 is 11.3 Å². The van der Waals surface area contributed by atoms with E-state index in [2.05, 4.69) is 10.3 Å². The van der Waals surface area contributed by atoms with Gasteiger partial charge in [-0.15, -0.1) is 11.3 Å². The first-order valence-electron chi connectivity index (χ1n) is 8.30. The normalized spacial score (nSPS) is 10.9. The Balaban J connectivity index is 1.54. The van der Waals surface area contributed by atoms with Crippen LogP contribution in [-0.4, -0.2) is 15.5 Å². The maximum atomic E-state index is 13.9. The number of carbonyl (C=O) groups is 1. The van der Waals surface area contributed by atoms with Crippen molar-refractivity contribution in [2.45, 2.75) is 6.54 Å². The Kier molecular flexibility index (Phi) is 4.70. The zero-order chi connectivity index (χ0) is 19.7. The molecule has 0 saturated heterocycles. The van der Waals surface area contributed by atoms with Gasteiger partial charge in [0.25, 0.3) is 0 Å². The number of amides is 1. The summed E-state index contributed by atoms with van der Waals surface area (Å²) in [4.78, 5) is 28.5. The van der Waals surface area contributed by atoms with E-state index in [1.165, 1.54) is 6.07 Å².